The van der Waals surface area contributed by atoms with E-state index in [0.717, 1.165) is 51.4 Å². The van der Waals surface area contributed by atoms with E-state index in [0.29, 0.717) is 18.8 Å². The van der Waals surface area contributed by atoms with E-state index in [-0.39, 0.29) is 36.0 Å². The van der Waals surface area contributed by atoms with Crippen molar-refractivity contribution in [3.8, 4) is 0 Å². The predicted molar refractivity (Wildman–Crippen MR) is 126 cm³/mol. The van der Waals surface area contributed by atoms with Crippen molar-refractivity contribution in [1.82, 2.24) is 25.3 Å². The van der Waals surface area contributed by atoms with Crippen molar-refractivity contribution in [2.75, 3.05) is 13.1 Å². The van der Waals surface area contributed by atoms with Gasteiger partial charge in [0.05, 0.1) is 6.54 Å². The number of carbonyl (C=O) groups is 3. The third-order valence-corrected chi connectivity index (χ3v) is 7.27. The van der Waals surface area contributed by atoms with Gasteiger partial charge in [-0.3, -0.25) is 19.1 Å². The van der Waals surface area contributed by atoms with Crippen molar-refractivity contribution in [3.63, 3.8) is 0 Å². The summed E-state index contributed by atoms with van der Waals surface area (Å²) in [6.07, 6.45) is 12.8. The smallest absolute Gasteiger partial charge is 0.273 e. The molecule has 1 aliphatic heterocycles. The van der Waals surface area contributed by atoms with Crippen LogP contribution in [0.4, 0.5) is 0 Å². The lowest BCUT2D eigenvalue weighted by Gasteiger charge is -2.43. The van der Waals surface area contributed by atoms with E-state index in [9.17, 15) is 14.4 Å². The molecule has 3 aliphatic rings. The maximum Gasteiger partial charge on any atom is 0.273 e. The van der Waals surface area contributed by atoms with Crippen LogP contribution in [0, 0.1) is 0 Å². The summed E-state index contributed by atoms with van der Waals surface area (Å²) in [4.78, 5) is 41.1. The molecule has 1 fully saturated rings. The van der Waals surface area contributed by atoms with E-state index in [1.807, 2.05) is 13.8 Å². The molecule has 4 rings (SSSR count). The maximum atomic E-state index is 13.4. The molecule has 180 valence electrons. The number of rotatable bonds is 8. The van der Waals surface area contributed by atoms with Crippen LogP contribution in [0.15, 0.2) is 17.7 Å². The van der Waals surface area contributed by atoms with Crippen molar-refractivity contribution in [2.45, 2.75) is 96.2 Å². The Morgan fingerprint density at radius 3 is 2.70 bits per heavy atom. The SMILES string of the molecule is CCCN1C(=O)c2cc(C(=O)NCCC3=CCCCC3)nn2C[C@@]1(C)C(=O)NC1CCCC1. The molecule has 0 unspecified atom stereocenters. The van der Waals surface area contributed by atoms with Gasteiger partial charge in [0.2, 0.25) is 5.91 Å². The number of fused-ring (bicyclic) bond motifs is 1. The Hall–Kier alpha value is -2.64. The summed E-state index contributed by atoms with van der Waals surface area (Å²) in [5, 5.41) is 10.5. The average Bonchev–Trinajstić information content (AvgIpc) is 3.47. The molecule has 33 heavy (non-hydrogen) atoms. The van der Waals surface area contributed by atoms with Crippen LogP contribution in [-0.4, -0.2) is 57.1 Å². The fourth-order valence-corrected chi connectivity index (χ4v) is 5.30. The van der Waals surface area contributed by atoms with Gasteiger partial charge in [-0.25, -0.2) is 0 Å². The molecule has 0 saturated heterocycles. The first-order valence-corrected chi connectivity index (χ1v) is 12.6. The maximum absolute atomic E-state index is 13.4. The lowest BCUT2D eigenvalue weighted by Crippen LogP contribution is -2.65. The lowest BCUT2D eigenvalue weighted by molar-refractivity contribution is -0.133. The topological polar surface area (TPSA) is 96.3 Å². The highest BCUT2D eigenvalue weighted by Crippen LogP contribution is 2.29. The van der Waals surface area contributed by atoms with Crippen LogP contribution in [0.3, 0.4) is 0 Å². The highest BCUT2D eigenvalue weighted by Gasteiger charge is 2.48. The van der Waals surface area contributed by atoms with Crippen molar-refractivity contribution in [1.29, 1.82) is 0 Å². The molecule has 2 N–H and O–H groups in total. The zero-order chi connectivity index (χ0) is 23.4. The molecular weight excluding hydrogens is 418 g/mol. The van der Waals surface area contributed by atoms with Crippen molar-refractivity contribution in [2.24, 2.45) is 0 Å². The molecule has 1 saturated carbocycles. The Morgan fingerprint density at radius 2 is 2.00 bits per heavy atom. The fourth-order valence-electron chi connectivity index (χ4n) is 5.30. The lowest BCUT2D eigenvalue weighted by atomic mass is 9.94. The van der Waals surface area contributed by atoms with Gasteiger partial charge in [-0.05, 0) is 58.3 Å². The average molecular weight is 456 g/mol. The number of carbonyl (C=O) groups excluding carboxylic acids is 3. The zero-order valence-corrected chi connectivity index (χ0v) is 20.0. The van der Waals surface area contributed by atoms with Crippen molar-refractivity contribution >= 4 is 17.7 Å². The number of hydrogen-bond acceptors (Lipinski definition) is 4. The van der Waals surface area contributed by atoms with E-state index in [1.54, 1.807) is 15.6 Å². The Balaban J connectivity index is 1.47. The summed E-state index contributed by atoms with van der Waals surface area (Å²) >= 11 is 0. The Kier molecular flexibility index (Phi) is 7.20. The first-order valence-electron chi connectivity index (χ1n) is 12.6. The summed E-state index contributed by atoms with van der Waals surface area (Å²) in [6.45, 7) is 5.09. The normalized spacial score (nSPS) is 23.3. The van der Waals surface area contributed by atoms with Gasteiger partial charge in [-0.2, -0.15) is 5.10 Å². The Morgan fingerprint density at radius 1 is 1.21 bits per heavy atom. The van der Waals surface area contributed by atoms with Gasteiger partial charge in [-0.15, -0.1) is 0 Å². The third-order valence-electron chi connectivity index (χ3n) is 7.27. The number of allylic oxidation sites excluding steroid dienone is 1. The van der Waals surface area contributed by atoms with E-state index in [2.05, 4.69) is 21.8 Å². The molecule has 1 aromatic heterocycles. The first-order chi connectivity index (χ1) is 15.9. The second-order valence-corrected chi connectivity index (χ2v) is 9.87. The predicted octanol–water partition coefficient (Wildman–Crippen LogP) is 3.19. The van der Waals surface area contributed by atoms with Gasteiger partial charge in [0, 0.05) is 25.2 Å². The summed E-state index contributed by atoms with van der Waals surface area (Å²) in [7, 11) is 0. The summed E-state index contributed by atoms with van der Waals surface area (Å²) < 4.78 is 1.54. The van der Waals surface area contributed by atoms with Crippen LogP contribution in [0.25, 0.3) is 0 Å². The van der Waals surface area contributed by atoms with Crippen LogP contribution in [-0.2, 0) is 11.3 Å². The summed E-state index contributed by atoms with van der Waals surface area (Å²) in [5.74, 6) is -0.657. The molecule has 3 amide bonds. The molecule has 0 bridgehead atoms. The number of aromatic nitrogens is 2. The number of amides is 3. The number of nitrogens with zero attached hydrogens (tertiary/aromatic N) is 3. The molecule has 1 atom stereocenters. The quantitative estimate of drug-likeness (QED) is 0.589. The number of hydrogen-bond donors (Lipinski definition) is 2. The minimum absolute atomic E-state index is 0.135. The molecule has 8 nitrogen and oxygen atoms in total. The second kappa shape index (κ2) is 10.1. The number of nitrogens with one attached hydrogen (secondary N) is 2. The van der Waals surface area contributed by atoms with Crippen LogP contribution in [0.1, 0.15) is 99.0 Å². The highest BCUT2D eigenvalue weighted by atomic mass is 16.2. The standard InChI is InChI=1S/C25H37N5O3/c1-3-15-29-23(32)21-16-20(22(31)26-14-13-18-9-5-4-6-10-18)28-30(21)17-25(29,2)24(33)27-19-11-7-8-12-19/h9,16,19H,3-8,10-15,17H2,1-2H3,(H,26,31)(H,27,33)/t25-/m0/s1. The van der Waals surface area contributed by atoms with Crippen molar-refractivity contribution in [3.05, 3.63) is 29.1 Å². The Labute approximate surface area is 196 Å². The molecule has 0 aromatic carbocycles. The van der Waals surface area contributed by atoms with Gasteiger partial charge < -0.3 is 15.5 Å². The van der Waals surface area contributed by atoms with Crippen LogP contribution in [0.2, 0.25) is 0 Å². The van der Waals surface area contributed by atoms with Gasteiger partial charge >= 0.3 is 0 Å². The molecule has 1 aromatic rings. The van der Waals surface area contributed by atoms with Crippen LogP contribution in [0.5, 0.6) is 0 Å². The van der Waals surface area contributed by atoms with Crippen molar-refractivity contribution < 1.29 is 14.4 Å². The monoisotopic (exact) mass is 455 g/mol. The molecular formula is C25H37N5O3. The molecule has 2 heterocycles. The summed E-state index contributed by atoms with van der Waals surface area (Å²) in [5.41, 5.74) is 0.971. The van der Waals surface area contributed by atoms with E-state index < -0.39 is 5.54 Å². The van der Waals surface area contributed by atoms with E-state index in [1.165, 1.54) is 18.4 Å². The van der Waals surface area contributed by atoms with Crippen LogP contribution >= 0.6 is 0 Å². The molecule has 0 radical (unpaired) electrons. The molecule has 2 aliphatic carbocycles. The molecule has 0 spiro atoms. The fraction of sp³-hybridized carbons (Fsp3) is 0.680. The largest absolute Gasteiger partial charge is 0.351 e. The van der Waals surface area contributed by atoms with Crippen LogP contribution < -0.4 is 10.6 Å². The Bertz CT molecular complexity index is 930. The third kappa shape index (κ3) is 4.99. The van der Waals surface area contributed by atoms with E-state index in [4.69, 9.17) is 0 Å². The zero-order valence-electron chi connectivity index (χ0n) is 20.0. The van der Waals surface area contributed by atoms with E-state index >= 15 is 0 Å². The van der Waals surface area contributed by atoms with Gasteiger partial charge in [0.25, 0.3) is 11.8 Å². The highest BCUT2D eigenvalue weighted by molar-refractivity contribution is 6.01. The second-order valence-electron chi connectivity index (χ2n) is 9.87. The first kappa shape index (κ1) is 23.5. The minimum atomic E-state index is -1.03. The minimum Gasteiger partial charge on any atom is -0.351 e. The van der Waals surface area contributed by atoms with Gasteiger partial charge in [-0.1, -0.05) is 31.4 Å². The molecule has 8 heteroatoms. The van der Waals surface area contributed by atoms with Gasteiger partial charge in [0.1, 0.15) is 11.2 Å². The summed E-state index contributed by atoms with van der Waals surface area (Å²) in [6, 6.07) is 1.74. The van der Waals surface area contributed by atoms with Gasteiger partial charge in [0.15, 0.2) is 5.69 Å².